The molecule has 8 nitrogen and oxygen atoms in total. The molecule has 0 unspecified atom stereocenters. The number of aliphatic carboxylic acids is 1. The highest BCUT2D eigenvalue weighted by atomic mass is 32.2. The van der Waals surface area contributed by atoms with Gasteiger partial charge in [-0.25, -0.2) is 9.11 Å². The molecule has 0 aliphatic carbocycles. The number of carboxylic acids is 1. The lowest BCUT2D eigenvalue weighted by Crippen LogP contribution is -2.23. The van der Waals surface area contributed by atoms with Gasteiger partial charge < -0.3 is 26.1 Å². The maximum atomic E-state index is 12.9. The third-order valence-electron chi connectivity index (χ3n) is 3.08. The van der Waals surface area contributed by atoms with Crippen molar-refractivity contribution in [2.45, 2.75) is 18.2 Å². The van der Waals surface area contributed by atoms with E-state index in [4.69, 9.17) is 26.1 Å². The van der Waals surface area contributed by atoms with E-state index in [0.29, 0.717) is 18.1 Å². The summed E-state index contributed by atoms with van der Waals surface area (Å²) in [6, 6.07) is 14.1. The Labute approximate surface area is 173 Å². The van der Waals surface area contributed by atoms with Crippen molar-refractivity contribution in [2.24, 2.45) is 16.6 Å². The summed E-state index contributed by atoms with van der Waals surface area (Å²) >= 11 is 0.970. The van der Waals surface area contributed by atoms with Crippen LogP contribution < -0.4 is 20.9 Å². The van der Waals surface area contributed by atoms with Gasteiger partial charge in [0, 0.05) is 6.42 Å². The van der Waals surface area contributed by atoms with Gasteiger partial charge in [-0.05, 0) is 48.3 Å². The Balaban J connectivity index is 0.000000296. The summed E-state index contributed by atoms with van der Waals surface area (Å²) in [5, 5.41) is 11.7. The topological polar surface area (TPSA) is 132 Å². The molecule has 10 heteroatoms. The first kappa shape index (κ1) is 24.1. The van der Waals surface area contributed by atoms with Crippen LogP contribution in [0.25, 0.3) is 0 Å². The second-order valence-corrected chi connectivity index (χ2v) is 6.54. The van der Waals surface area contributed by atoms with Gasteiger partial charge in [0.25, 0.3) is 0 Å². The molecule has 0 bridgehead atoms. The van der Waals surface area contributed by atoms with Crippen molar-refractivity contribution in [2.75, 3.05) is 19.8 Å². The maximum Gasteiger partial charge on any atom is 0.318 e. The van der Waals surface area contributed by atoms with E-state index in [-0.39, 0.29) is 18.3 Å². The van der Waals surface area contributed by atoms with Crippen LogP contribution in [0.5, 0.6) is 5.75 Å². The summed E-state index contributed by atoms with van der Waals surface area (Å²) in [5.41, 5.74) is 11.4. The number of hydrogen-bond donors (Lipinski definition) is 4. The summed E-state index contributed by atoms with van der Waals surface area (Å²) in [5.74, 6) is -0.541. The molecule has 2 aromatic rings. The minimum Gasteiger partial charge on any atom is -0.493 e. The summed E-state index contributed by atoms with van der Waals surface area (Å²) in [6.45, 7) is 2.85. The Morgan fingerprint density at radius 1 is 1.17 bits per heavy atom. The van der Waals surface area contributed by atoms with E-state index in [1.165, 1.54) is 11.6 Å². The molecule has 29 heavy (non-hydrogen) atoms. The van der Waals surface area contributed by atoms with Gasteiger partial charge in [-0.3, -0.25) is 4.79 Å². The molecule has 0 spiro atoms. The van der Waals surface area contributed by atoms with Crippen LogP contribution in [0, 0.1) is 12.7 Å². The second-order valence-electron chi connectivity index (χ2n) is 5.61. The van der Waals surface area contributed by atoms with Crippen LogP contribution >= 0.6 is 11.9 Å². The summed E-state index contributed by atoms with van der Waals surface area (Å²) < 4.78 is 20.9. The zero-order chi connectivity index (χ0) is 21.5. The predicted molar refractivity (Wildman–Crippen MR) is 111 cm³/mol. The first-order valence-electron chi connectivity index (χ1n) is 8.65. The number of guanidine groups is 1. The van der Waals surface area contributed by atoms with Crippen molar-refractivity contribution in [3.05, 3.63) is 59.9 Å². The van der Waals surface area contributed by atoms with Crippen molar-refractivity contribution < 1.29 is 23.9 Å². The zero-order valence-corrected chi connectivity index (χ0v) is 16.8. The largest absolute Gasteiger partial charge is 0.493 e. The number of oxime groups is 1. The molecule has 0 aliphatic rings. The fourth-order valence-electron chi connectivity index (χ4n) is 1.77. The number of rotatable bonds is 10. The third kappa shape index (κ3) is 12.2. The number of ether oxygens (including phenoxy) is 1. The molecule has 0 radical (unpaired) electrons. The first-order chi connectivity index (χ1) is 13.9. The number of benzene rings is 2. The monoisotopic (exact) mass is 424 g/mol. The molecule has 0 saturated carbocycles. The molecule has 0 amide bonds. The number of nitrogens with two attached hydrogens (primary N) is 2. The number of nitrogens with one attached hydrogen (secondary N) is 1. The molecular formula is C19H25FN4O4S. The number of carbonyl (C=O) groups is 1. The number of nitrogens with zero attached hydrogens (tertiary/aromatic N) is 1. The van der Waals surface area contributed by atoms with Gasteiger partial charge in [0.15, 0.2) is 0 Å². The highest BCUT2D eigenvalue weighted by molar-refractivity contribution is 7.97. The zero-order valence-electron chi connectivity index (χ0n) is 16.0. The molecule has 2 rings (SSSR count). The predicted octanol–water partition coefficient (Wildman–Crippen LogP) is 2.48. The Morgan fingerprint density at radius 2 is 1.86 bits per heavy atom. The first-order valence-corrected chi connectivity index (χ1v) is 9.46. The average Bonchev–Trinajstić information content (AvgIpc) is 2.67. The summed E-state index contributed by atoms with van der Waals surface area (Å²) in [7, 11) is 0. The Bertz CT molecular complexity index is 771. The Kier molecular flexibility index (Phi) is 11.7. The van der Waals surface area contributed by atoms with Crippen LogP contribution in [0.15, 0.2) is 58.6 Å². The molecule has 158 valence electrons. The fraction of sp³-hybridized carbons (Fsp3) is 0.263. The number of aryl methyl sites for hydroxylation is 1. The molecule has 0 aliphatic heterocycles. The minimum atomic E-state index is -0.969. The number of hydrogen-bond acceptors (Lipinski definition) is 6. The second kappa shape index (κ2) is 14.1. The minimum absolute atomic E-state index is 0.0700. The molecule has 6 N–H and O–H groups in total. The normalized spacial score (nSPS) is 9.72. The number of carboxylic acid groups (broad SMARTS) is 1. The molecule has 0 fully saturated rings. The standard InChI is InChI=1S/C11H17N3O2.C8H8FNO2S/c1-9-3-5-10(6-4-9)15-7-2-8-16-14-11(12)13;9-6-3-1-2-4-7(6)13-10-5-8(11)12/h3-6H,2,7-8H2,1H3,(H4,12,13,14);1-4,10H,5H2,(H,11,12). The van der Waals surface area contributed by atoms with E-state index >= 15 is 0 Å². The lowest BCUT2D eigenvalue weighted by Gasteiger charge is -2.05. The van der Waals surface area contributed by atoms with Crippen molar-refractivity contribution in [3.8, 4) is 5.75 Å². The van der Waals surface area contributed by atoms with Crippen LogP contribution in [0.3, 0.4) is 0 Å². The number of halogens is 1. The molecule has 0 heterocycles. The van der Waals surface area contributed by atoms with Crippen molar-refractivity contribution in [1.82, 2.24) is 4.72 Å². The molecule has 0 atom stereocenters. The molecule has 0 aromatic heterocycles. The SMILES string of the molecule is Cc1ccc(OCCCON=C(N)N)cc1.O=C(O)CNSc1ccccc1F. The van der Waals surface area contributed by atoms with Crippen LogP contribution in [0.1, 0.15) is 12.0 Å². The van der Waals surface area contributed by atoms with Gasteiger partial charge in [0.1, 0.15) is 24.7 Å². The smallest absolute Gasteiger partial charge is 0.318 e. The van der Waals surface area contributed by atoms with Crippen LogP contribution in [0.2, 0.25) is 0 Å². The van der Waals surface area contributed by atoms with Crippen molar-refractivity contribution in [3.63, 3.8) is 0 Å². The average molecular weight is 424 g/mol. The van der Waals surface area contributed by atoms with Gasteiger partial charge in [0.05, 0.1) is 11.5 Å². The van der Waals surface area contributed by atoms with E-state index in [0.717, 1.165) is 24.1 Å². The van der Waals surface area contributed by atoms with Gasteiger partial charge in [-0.15, -0.1) is 0 Å². The molecular weight excluding hydrogens is 399 g/mol. The molecule has 2 aromatic carbocycles. The Morgan fingerprint density at radius 3 is 2.48 bits per heavy atom. The van der Waals surface area contributed by atoms with Crippen LogP contribution in [-0.2, 0) is 9.63 Å². The van der Waals surface area contributed by atoms with E-state index in [1.807, 2.05) is 31.2 Å². The lowest BCUT2D eigenvalue weighted by atomic mass is 10.2. The third-order valence-corrected chi connectivity index (χ3v) is 3.92. The van der Waals surface area contributed by atoms with E-state index in [9.17, 15) is 9.18 Å². The van der Waals surface area contributed by atoms with E-state index in [1.54, 1.807) is 18.2 Å². The van der Waals surface area contributed by atoms with Gasteiger partial charge in [0.2, 0.25) is 5.96 Å². The summed E-state index contributed by atoms with van der Waals surface area (Å²) in [6.07, 6.45) is 0.727. The Hall–Kier alpha value is -2.98. The van der Waals surface area contributed by atoms with Crippen molar-refractivity contribution >= 4 is 23.9 Å². The fourth-order valence-corrected chi connectivity index (χ4v) is 2.43. The van der Waals surface area contributed by atoms with Crippen molar-refractivity contribution in [1.29, 1.82) is 0 Å². The maximum absolute atomic E-state index is 12.9. The van der Waals surface area contributed by atoms with E-state index < -0.39 is 5.97 Å². The van der Waals surface area contributed by atoms with Crippen LogP contribution in [0.4, 0.5) is 4.39 Å². The highest BCUT2D eigenvalue weighted by Crippen LogP contribution is 2.17. The summed E-state index contributed by atoms with van der Waals surface area (Å²) in [4.78, 5) is 15.3. The van der Waals surface area contributed by atoms with Gasteiger partial charge >= 0.3 is 5.97 Å². The van der Waals surface area contributed by atoms with E-state index in [2.05, 4.69) is 9.88 Å². The highest BCUT2D eigenvalue weighted by Gasteiger charge is 2.01. The molecule has 0 saturated heterocycles. The van der Waals surface area contributed by atoms with Crippen LogP contribution in [-0.4, -0.2) is 36.8 Å². The quantitative estimate of drug-likeness (QED) is 0.150. The van der Waals surface area contributed by atoms with Gasteiger partial charge in [-0.2, -0.15) is 0 Å². The lowest BCUT2D eigenvalue weighted by molar-refractivity contribution is -0.135. The van der Waals surface area contributed by atoms with Gasteiger partial charge in [-0.1, -0.05) is 29.8 Å².